The minimum Gasteiger partial charge on any atom is -0.393 e. The Kier molecular flexibility index (Phi) is 5.20. The number of halogens is 1. The highest BCUT2D eigenvalue weighted by Gasteiger charge is 2.04. The van der Waals surface area contributed by atoms with E-state index in [1.807, 2.05) is 12.1 Å². The molecule has 0 radical (unpaired) electrons. The maximum atomic E-state index is 9.71. The first kappa shape index (κ1) is 11.7. The molecule has 0 saturated heterocycles. The molecule has 0 heterocycles. The molecule has 78 valence electrons. The molecule has 1 nitrogen and oxygen atoms in total. The van der Waals surface area contributed by atoms with Gasteiger partial charge in [0.25, 0.3) is 0 Å². The van der Waals surface area contributed by atoms with Crippen molar-refractivity contribution in [2.24, 2.45) is 0 Å². The number of aliphatic hydroxyl groups excluding tert-OH is 1. The molecule has 0 spiro atoms. The van der Waals surface area contributed by atoms with Crippen LogP contribution in [0, 0.1) is 0 Å². The van der Waals surface area contributed by atoms with Crippen LogP contribution >= 0.6 is 15.9 Å². The van der Waals surface area contributed by atoms with Gasteiger partial charge in [0.2, 0.25) is 0 Å². The molecule has 1 rings (SSSR count). The Balaban J connectivity index is 2.43. The summed E-state index contributed by atoms with van der Waals surface area (Å²) in [4.78, 5) is 0. The molecule has 0 aliphatic rings. The number of aliphatic hydroxyl groups is 1. The molecule has 2 heteroatoms. The number of rotatable bonds is 5. The Bertz CT molecular complexity index is 273. The van der Waals surface area contributed by atoms with Crippen molar-refractivity contribution in [3.05, 3.63) is 34.3 Å². The first-order valence-corrected chi connectivity index (χ1v) is 5.94. The van der Waals surface area contributed by atoms with E-state index in [1.54, 1.807) is 0 Å². The summed E-state index contributed by atoms with van der Waals surface area (Å²) in [7, 11) is 0. The minimum absolute atomic E-state index is 0.191. The predicted octanol–water partition coefficient (Wildman–Crippen LogP) is 3.54. The van der Waals surface area contributed by atoms with E-state index in [9.17, 15) is 5.11 Å². The predicted molar refractivity (Wildman–Crippen MR) is 63.4 cm³/mol. The SMILES string of the molecule is CCCCC(O)Cc1cccc(Br)c1. The highest BCUT2D eigenvalue weighted by molar-refractivity contribution is 9.10. The molecule has 14 heavy (non-hydrogen) atoms. The number of hydrogen-bond donors (Lipinski definition) is 1. The van der Waals surface area contributed by atoms with Crippen LogP contribution in [0.1, 0.15) is 31.7 Å². The number of hydrogen-bond acceptors (Lipinski definition) is 1. The van der Waals surface area contributed by atoms with Crippen molar-refractivity contribution in [1.82, 2.24) is 0 Å². The lowest BCUT2D eigenvalue weighted by Crippen LogP contribution is -2.09. The lowest BCUT2D eigenvalue weighted by atomic mass is 10.0. The zero-order chi connectivity index (χ0) is 10.4. The highest BCUT2D eigenvalue weighted by Crippen LogP contribution is 2.14. The normalized spacial score (nSPS) is 12.8. The van der Waals surface area contributed by atoms with Crippen LogP contribution in [-0.2, 0) is 6.42 Å². The maximum absolute atomic E-state index is 9.71. The quantitative estimate of drug-likeness (QED) is 0.855. The molecule has 0 fully saturated rings. The summed E-state index contributed by atoms with van der Waals surface area (Å²) in [6.07, 6.45) is 3.73. The molecule has 0 aromatic heterocycles. The molecule has 1 N–H and O–H groups in total. The van der Waals surface area contributed by atoms with E-state index in [0.29, 0.717) is 0 Å². The van der Waals surface area contributed by atoms with E-state index in [-0.39, 0.29) is 6.10 Å². The molecule has 0 bridgehead atoms. The van der Waals surface area contributed by atoms with Crippen molar-refractivity contribution in [3.8, 4) is 0 Å². The summed E-state index contributed by atoms with van der Waals surface area (Å²) in [6.45, 7) is 2.14. The molecule has 0 saturated carbocycles. The van der Waals surface area contributed by atoms with Gasteiger partial charge in [-0.2, -0.15) is 0 Å². The topological polar surface area (TPSA) is 20.2 Å². The standard InChI is InChI=1S/C12H17BrO/c1-2-3-7-12(14)9-10-5-4-6-11(13)8-10/h4-6,8,12,14H,2-3,7,9H2,1H3. The molecular weight excluding hydrogens is 240 g/mol. The molecule has 1 unspecified atom stereocenters. The Morgan fingerprint density at radius 1 is 1.43 bits per heavy atom. The Hall–Kier alpha value is -0.340. The van der Waals surface area contributed by atoms with Crippen molar-refractivity contribution in [1.29, 1.82) is 0 Å². The van der Waals surface area contributed by atoms with Crippen molar-refractivity contribution >= 4 is 15.9 Å². The van der Waals surface area contributed by atoms with Gasteiger partial charge in [-0.1, -0.05) is 47.8 Å². The van der Waals surface area contributed by atoms with E-state index in [1.165, 1.54) is 5.56 Å². The van der Waals surface area contributed by atoms with Crippen LogP contribution < -0.4 is 0 Å². The fraction of sp³-hybridized carbons (Fsp3) is 0.500. The van der Waals surface area contributed by atoms with Gasteiger partial charge in [-0.15, -0.1) is 0 Å². The smallest absolute Gasteiger partial charge is 0.0580 e. The Morgan fingerprint density at radius 3 is 2.86 bits per heavy atom. The molecule has 1 aromatic carbocycles. The summed E-state index contributed by atoms with van der Waals surface area (Å²) < 4.78 is 1.08. The first-order valence-electron chi connectivity index (χ1n) is 5.15. The van der Waals surface area contributed by atoms with Gasteiger partial charge in [0.05, 0.1) is 6.10 Å². The second-order valence-corrected chi connectivity index (χ2v) is 4.55. The molecule has 0 aliphatic heterocycles. The third-order valence-electron chi connectivity index (χ3n) is 2.25. The Morgan fingerprint density at radius 2 is 2.21 bits per heavy atom. The van der Waals surface area contributed by atoms with Crippen molar-refractivity contribution in [2.45, 2.75) is 38.7 Å². The van der Waals surface area contributed by atoms with E-state index >= 15 is 0 Å². The van der Waals surface area contributed by atoms with E-state index in [4.69, 9.17) is 0 Å². The maximum Gasteiger partial charge on any atom is 0.0580 e. The Labute approximate surface area is 94.3 Å². The fourth-order valence-electron chi connectivity index (χ4n) is 1.48. The van der Waals surface area contributed by atoms with Gasteiger partial charge in [-0.3, -0.25) is 0 Å². The van der Waals surface area contributed by atoms with Gasteiger partial charge in [0.1, 0.15) is 0 Å². The van der Waals surface area contributed by atoms with Crippen LogP contribution in [0.5, 0.6) is 0 Å². The molecule has 0 amide bonds. The van der Waals surface area contributed by atoms with Gasteiger partial charge >= 0.3 is 0 Å². The zero-order valence-corrected chi connectivity index (χ0v) is 10.1. The third-order valence-corrected chi connectivity index (χ3v) is 2.74. The monoisotopic (exact) mass is 256 g/mol. The molecule has 1 aromatic rings. The van der Waals surface area contributed by atoms with E-state index < -0.39 is 0 Å². The number of benzene rings is 1. The lowest BCUT2D eigenvalue weighted by molar-refractivity contribution is 0.162. The van der Waals surface area contributed by atoms with Gasteiger partial charge in [-0.25, -0.2) is 0 Å². The van der Waals surface area contributed by atoms with Gasteiger partial charge < -0.3 is 5.11 Å². The average Bonchev–Trinajstić information content (AvgIpc) is 2.15. The summed E-state index contributed by atoms with van der Waals surface area (Å²) in [5, 5.41) is 9.71. The summed E-state index contributed by atoms with van der Waals surface area (Å²) in [5.74, 6) is 0. The minimum atomic E-state index is -0.191. The van der Waals surface area contributed by atoms with Gasteiger partial charge in [-0.05, 0) is 30.5 Å². The summed E-state index contributed by atoms with van der Waals surface area (Å²) in [6, 6.07) is 8.13. The van der Waals surface area contributed by atoms with Crippen molar-refractivity contribution in [2.75, 3.05) is 0 Å². The second kappa shape index (κ2) is 6.20. The molecule has 0 aliphatic carbocycles. The fourth-order valence-corrected chi connectivity index (χ4v) is 1.92. The highest BCUT2D eigenvalue weighted by atomic mass is 79.9. The molecular formula is C12H17BrO. The lowest BCUT2D eigenvalue weighted by Gasteiger charge is -2.09. The van der Waals surface area contributed by atoms with Gasteiger partial charge in [0, 0.05) is 4.47 Å². The van der Waals surface area contributed by atoms with Crippen LogP contribution in [-0.4, -0.2) is 11.2 Å². The first-order chi connectivity index (χ1) is 6.72. The molecule has 1 atom stereocenters. The second-order valence-electron chi connectivity index (χ2n) is 3.63. The zero-order valence-electron chi connectivity index (χ0n) is 8.54. The average molecular weight is 257 g/mol. The van der Waals surface area contributed by atoms with Crippen LogP contribution in [0.15, 0.2) is 28.7 Å². The van der Waals surface area contributed by atoms with Crippen LogP contribution in [0.3, 0.4) is 0 Å². The third kappa shape index (κ3) is 4.25. The van der Waals surface area contributed by atoms with Crippen molar-refractivity contribution in [3.63, 3.8) is 0 Å². The van der Waals surface area contributed by atoms with Crippen LogP contribution in [0.2, 0.25) is 0 Å². The van der Waals surface area contributed by atoms with Crippen molar-refractivity contribution < 1.29 is 5.11 Å². The van der Waals surface area contributed by atoms with E-state index in [0.717, 1.165) is 30.2 Å². The van der Waals surface area contributed by atoms with Crippen LogP contribution in [0.25, 0.3) is 0 Å². The number of unbranched alkanes of at least 4 members (excludes halogenated alkanes) is 1. The summed E-state index contributed by atoms with van der Waals surface area (Å²) in [5.41, 5.74) is 1.20. The largest absolute Gasteiger partial charge is 0.393 e. The van der Waals surface area contributed by atoms with Crippen LogP contribution in [0.4, 0.5) is 0 Å². The summed E-state index contributed by atoms with van der Waals surface area (Å²) >= 11 is 3.42. The van der Waals surface area contributed by atoms with Gasteiger partial charge in [0.15, 0.2) is 0 Å². The van der Waals surface area contributed by atoms with E-state index in [2.05, 4.69) is 35.0 Å².